The molecule has 0 spiro atoms. The number of aromatic nitrogens is 2. The summed E-state index contributed by atoms with van der Waals surface area (Å²) in [7, 11) is -3.97. The summed E-state index contributed by atoms with van der Waals surface area (Å²) in [5, 5.41) is 10.2. The fraction of sp³-hybridized carbons (Fsp3) is 0.318. The van der Waals surface area contributed by atoms with E-state index in [1.807, 2.05) is 32.9 Å². The first-order valence-corrected chi connectivity index (χ1v) is 12.7. The molecule has 176 valence electrons. The summed E-state index contributed by atoms with van der Waals surface area (Å²) in [5.74, 6) is 0.741. The molecule has 3 rings (SSSR count). The van der Waals surface area contributed by atoms with Gasteiger partial charge in [-0.1, -0.05) is 35.1 Å². The third-order valence-electron chi connectivity index (χ3n) is 4.57. The van der Waals surface area contributed by atoms with Crippen LogP contribution in [-0.4, -0.2) is 37.7 Å². The van der Waals surface area contributed by atoms with Gasteiger partial charge in [0.2, 0.25) is 9.47 Å². The molecule has 1 amide bonds. The van der Waals surface area contributed by atoms with E-state index >= 15 is 0 Å². The fourth-order valence-electron chi connectivity index (χ4n) is 2.93. The first-order chi connectivity index (χ1) is 15.7. The maximum absolute atomic E-state index is 12.8. The molecule has 0 bridgehead atoms. The maximum Gasteiger partial charge on any atom is 0.270 e. The summed E-state index contributed by atoms with van der Waals surface area (Å²) in [6.45, 7) is 8.30. The van der Waals surface area contributed by atoms with Gasteiger partial charge in [0.05, 0.1) is 13.2 Å². The van der Waals surface area contributed by atoms with Crippen molar-refractivity contribution < 1.29 is 22.7 Å². The molecule has 3 aromatic rings. The van der Waals surface area contributed by atoms with Crippen LogP contribution in [0.25, 0.3) is 0 Å². The average molecular weight is 491 g/mol. The van der Waals surface area contributed by atoms with Crippen LogP contribution < -0.4 is 19.5 Å². The number of carbonyl (C=O) groups excluding carboxylic acids is 1. The second-order valence-electron chi connectivity index (χ2n) is 7.11. The smallest absolute Gasteiger partial charge is 0.270 e. The zero-order valence-corrected chi connectivity index (χ0v) is 20.4. The third-order valence-corrected chi connectivity index (χ3v) is 7.32. The lowest BCUT2D eigenvalue weighted by atomic mass is 10.1. The van der Waals surface area contributed by atoms with Gasteiger partial charge in [0.15, 0.2) is 11.5 Å². The Labute approximate surface area is 197 Å². The molecular weight excluding hydrogens is 464 g/mol. The van der Waals surface area contributed by atoms with Gasteiger partial charge in [0, 0.05) is 11.6 Å². The minimum absolute atomic E-state index is 0.0910. The van der Waals surface area contributed by atoms with Crippen LogP contribution in [0, 0.1) is 6.92 Å². The predicted molar refractivity (Wildman–Crippen MR) is 127 cm³/mol. The van der Waals surface area contributed by atoms with Crippen molar-refractivity contribution in [2.45, 2.75) is 38.1 Å². The standard InChI is InChI=1S/C22H26N4O5S2/c1-5-30-18-12-11-17(13-19(18)31-6-2)15(4)26-33(28,29)22-25-24-21(32-22)23-20(27)16-9-7-14(3)8-10-16/h7-13,15,26H,5-6H2,1-4H3,(H,23,24,27)/t15-/m0/s1. The number of ether oxygens (including phenoxy) is 2. The molecule has 1 atom stereocenters. The normalized spacial score (nSPS) is 12.2. The molecule has 0 fully saturated rings. The summed E-state index contributed by atoms with van der Waals surface area (Å²) in [6, 6.07) is 11.7. The maximum atomic E-state index is 12.8. The summed E-state index contributed by atoms with van der Waals surface area (Å²) in [6.07, 6.45) is 0. The third kappa shape index (κ3) is 6.28. The lowest BCUT2D eigenvalue weighted by Gasteiger charge is -2.16. The zero-order valence-electron chi connectivity index (χ0n) is 18.8. The Hall–Kier alpha value is -3.02. The van der Waals surface area contributed by atoms with Crippen molar-refractivity contribution in [1.82, 2.24) is 14.9 Å². The highest BCUT2D eigenvalue weighted by Gasteiger charge is 2.24. The van der Waals surface area contributed by atoms with E-state index in [-0.39, 0.29) is 9.47 Å². The fourth-order valence-corrected chi connectivity index (χ4v) is 5.07. The number of hydrogen-bond donors (Lipinski definition) is 2. The number of anilines is 1. The van der Waals surface area contributed by atoms with Gasteiger partial charge in [-0.25, -0.2) is 13.1 Å². The molecule has 9 nitrogen and oxygen atoms in total. The number of aryl methyl sites for hydroxylation is 1. The van der Waals surface area contributed by atoms with Crippen LogP contribution in [-0.2, 0) is 10.0 Å². The van der Waals surface area contributed by atoms with Gasteiger partial charge >= 0.3 is 0 Å². The summed E-state index contributed by atoms with van der Waals surface area (Å²) < 4.78 is 39.2. The van der Waals surface area contributed by atoms with Gasteiger partial charge in [0.25, 0.3) is 15.9 Å². The van der Waals surface area contributed by atoms with Crippen LogP contribution in [0.3, 0.4) is 0 Å². The molecule has 2 aromatic carbocycles. The zero-order chi connectivity index (χ0) is 24.0. The van der Waals surface area contributed by atoms with Crippen molar-refractivity contribution in [3.05, 3.63) is 59.2 Å². The largest absolute Gasteiger partial charge is 0.490 e. The van der Waals surface area contributed by atoms with E-state index in [4.69, 9.17) is 9.47 Å². The second kappa shape index (κ2) is 10.7. The number of hydrogen-bond acceptors (Lipinski definition) is 8. The van der Waals surface area contributed by atoms with Gasteiger partial charge in [-0.2, -0.15) is 0 Å². The molecule has 0 aliphatic rings. The number of nitrogens with zero attached hydrogens (tertiary/aromatic N) is 2. The Kier molecular flexibility index (Phi) is 8.01. The molecule has 2 N–H and O–H groups in total. The molecule has 0 aliphatic carbocycles. The van der Waals surface area contributed by atoms with Crippen LogP contribution in [0.15, 0.2) is 46.8 Å². The summed E-state index contributed by atoms with van der Waals surface area (Å²) in [4.78, 5) is 12.3. The van der Waals surface area contributed by atoms with E-state index in [2.05, 4.69) is 20.2 Å². The topological polar surface area (TPSA) is 120 Å². The lowest BCUT2D eigenvalue weighted by Crippen LogP contribution is -2.26. The molecule has 0 saturated heterocycles. The first-order valence-electron chi connectivity index (χ1n) is 10.4. The molecular formula is C22H26N4O5S2. The molecule has 0 saturated carbocycles. The van der Waals surface area contributed by atoms with E-state index < -0.39 is 22.0 Å². The number of nitrogens with one attached hydrogen (secondary N) is 2. The lowest BCUT2D eigenvalue weighted by molar-refractivity contribution is 0.102. The van der Waals surface area contributed by atoms with Crippen LogP contribution >= 0.6 is 11.3 Å². The van der Waals surface area contributed by atoms with E-state index in [9.17, 15) is 13.2 Å². The van der Waals surface area contributed by atoms with E-state index in [1.165, 1.54) is 0 Å². The number of amides is 1. The van der Waals surface area contributed by atoms with Crippen LogP contribution in [0.4, 0.5) is 5.13 Å². The van der Waals surface area contributed by atoms with E-state index in [0.717, 1.165) is 16.9 Å². The highest BCUT2D eigenvalue weighted by Crippen LogP contribution is 2.31. The van der Waals surface area contributed by atoms with Gasteiger partial charge in [-0.05, 0) is 57.5 Å². The van der Waals surface area contributed by atoms with Gasteiger partial charge < -0.3 is 9.47 Å². The van der Waals surface area contributed by atoms with Crippen molar-refractivity contribution in [3.63, 3.8) is 0 Å². The number of benzene rings is 2. The Morgan fingerprint density at radius 2 is 1.70 bits per heavy atom. The predicted octanol–water partition coefficient (Wildman–Crippen LogP) is 3.94. The van der Waals surface area contributed by atoms with Crippen LogP contribution in [0.1, 0.15) is 48.3 Å². The highest BCUT2D eigenvalue weighted by molar-refractivity contribution is 7.91. The summed E-state index contributed by atoms with van der Waals surface area (Å²) >= 11 is 0.774. The van der Waals surface area contributed by atoms with Crippen molar-refractivity contribution in [3.8, 4) is 11.5 Å². The van der Waals surface area contributed by atoms with Crippen molar-refractivity contribution in [2.24, 2.45) is 0 Å². The number of rotatable bonds is 10. The SMILES string of the molecule is CCOc1ccc([C@H](C)NS(=O)(=O)c2nnc(NC(=O)c3ccc(C)cc3)s2)cc1OCC. The first kappa shape index (κ1) is 24.6. The highest BCUT2D eigenvalue weighted by atomic mass is 32.2. The number of carbonyl (C=O) groups is 1. The van der Waals surface area contributed by atoms with Crippen molar-refractivity contribution in [1.29, 1.82) is 0 Å². The Morgan fingerprint density at radius 3 is 2.36 bits per heavy atom. The molecule has 11 heteroatoms. The second-order valence-corrected chi connectivity index (χ2v) is 9.97. The molecule has 0 aliphatic heterocycles. The average Bonchev–Trinajstić information content (AvgIpc) is 3.25. The Morgan fingerprint density at radius 1 is 1.03 bits per heavy atom. The molecule has 0 radical (unpaired) electrons. The Bertz CT molecular complexity index is 1210. The number of sulfonamides is 1. The van der Waals surface area contributed by atoms with Crippen LogP contribution in [0.2, 0.25) is 0 Å². The monoisotopic (exact) mass is 490 g/mol. The van der Waals surface area contributed by atoms with Gasteiger partial charge in [-0.15, -0.1) is 10.2 Å². The minimum Gasteiger partial charge on any atom is -0.490 e. The van der Waals surface area contributed by atoms with E-state index in [1.54, 1.807) is 37.3 Å². The molecule has 1 heterocycles. The minimum atomic E-state index is -3.97. The van der Waals surface area contributed by atoms with Crippen molar-refractivity contribution >= 4 is 32.4 Å². The van der Waals surface area contributed by atoms with E-state index in [0.29, 0.717) is 35.8 Å². The molecule has 33 heavy (non-hydrogen) atoms. The quantitative estimate of drug-likeness (QED) is 0.413. The molecule has 1 aromatic heterocycles. The van der Waals surface area contributed by atoms with Crippen molar-refractivity contribution in [2.75, 3.05) is 18.5 Å². The van der Waals surface area contributed by atoms with Crippen LogP contribution in [0.5, 0.6) is 11.5 Å². The van der Waals surface area contributed by atoms with Gasteiger partial charge in [0.1, 0.15) is 0 Å². The molecule has 0 unspecified atom stereocenters. The Balaban J connectivity index is 1.71. The summed E-state index contributed by atoms with van der Waals surface area (Å²) in [5.41, 5.74) is 2.16. The van der Waals surface area contributed by atoms with Gasteiger partial charge in [-0.3, -0.25) is 10.1 Å².